The first-order valence-corrected chi connectivity index (χ1v) is 8.38. The average molecular weight is 285 g/mol. The van der Waals surface area contributed by atoms with Gasteiger partial charge < -0.3 is 5.73 Å². The van der Waals surface area contributed by atoms with Gasteiger partial charge in [0, 0.05) is 6.04 Å². The van der Waals surface area contributed by atoms with Crippen LogP contribution in [0, 0.1) is 11.7 Å². The molecule has 0 aliphatic heterocycles. The molecule has 1 saturated carbocycles. The molecule has 19 heavy (non-hydrogen) atoms. The van der Waals surface area contributed by atoms with Gasteiger partial charge >= 0.3 is 0 Å². The molecule has 0 amide bonds. The van der Waals surface area contributed by atoms with Crippen molar-refractivity contribution >= 4 is 9.84 Å². The van der Waals surface area contributed by atoms with Crippen LogP contribution in [-0.2, 0) is 9.84 Å². The van der Waals surface area contributed by atoms with Crippen molar-refractivity contribution in [2.45, 2.75) is 43.0 Å². The topological polar surface area (TPSA) is 60.2 Å². The summed E-state index contributed by atoms with van der Waals surface area (Å²) in [4.78, 5) is 0.0266. The maximum absolute atomic E-state index is 13.1. The molecule has 1 aromatic rings. The van der Waals surface area contributed by atoms with E-state index in [0.29, 0.717) is 0 Å². The van der Waals surface area contributed by atoms with E-state index in [1.807, 2.05) is 0 Å². The zero-order valence-corrected chi connectivity index (χ0v) is 11.7. The summed E-state index contributed by atoms with van der Waals surface area (Å²) in [5.41, 5.74) is 6.04. The highest BCUT2D eigenvalue weighted by Gasteiger charge is 2.26. The van der Waals surface area contributed by atoms with Gasteiger partial charge in [-0.3, -0.25) is 0 Å². The van der Waals surface area contributed by atoms with Crippen molar-refractivity contribution in [3.05, 3.63) is 30.1 Å². The zero-order valence-electron chi connectivity index (χ0n) is 10.9. The summed E-state index contributed by atoms with van der Waals surface area (Å²) in [6.07, 6.45) is 5.45. The van der Waals surface area contributed by atoms with Crippen LogP contribution in [-0.4, -0.2) is 20.2 Å². The van der Waals surface area contributed by atoms with E-state index in [9.17, 15) is 12.8 Å². The minimum atomic E-state index is -3.50. The fraction of sp³-hybridized carbons (Fsp3) is 0.571. The fourth-order valence-corrected chi connectivity index (χ4v) is 4.26. The molecule has 0 saturated heterocycles. The first kappa shape index (κ1) is 14.5. The Labute approximate surface area is 113 Å². The van der Waals surface area contributed by atoms with Gasteiger partial charge in [-0.05, 0) is 37.0 Å². The Bertz CT molecular complexity index is 524. The van der Waals surface area contributed by atoms with E-state index in [2.05, 4.69) is 0 Å². The van der Waals surface area contributed by atoms with E-state index in [4.69, 9.17) is 5.73 Å². The van der Waals surface area contributed by atoms with E-state index in [1.165, 1.54) is 24.6 Å². The molecule has 0 heterocycles. The van der Waals surface area contributed by atoms with Gasteiger partial charge in [0.25, 0.3) is 0 Å². The molecule has 3 nitrogen and oxygen atoms in total. The Morgan fingerprint density at radius 1 is 1.26 bits per heavy atom. The number of nitrogens with two attached hydrogens (primary N) is 1. The number of hydrogen-bond acceptors (Lipinski definition) is 3. The van der Waals surface area contributed by atoms with Gasteiger partial charge in [0.2, 0.25) is 0 Å². The number of sulfone groups is 1. The molecule has 1 unspecified atom stereocenters. The highest BCUT2D eigenvalue weighted by molar-refractivity contribution is 7.91. The molecule has 106 valence electrons. The second-order valence-electron chi connectivity index (χ2n) is 5.30. The molecule has 2 N–H and O–H groups in total. The third-order valence-electron chi connectivity index (χ3n) is 3.82. The van der Waals surface area contributed by atoms with Crippen molar-refractivity contribution in [3.63, 3.8) is 0 Å². The van der Waals surface area contributed by atoms with Crippen molar-refractivity contribution in [1.29, 1.82) is 0 Å². The Morgan fingerprint density at radius 3 is 2.58 bits per heavy atom. The number of rotatable bonds is 4. The SMILES string of the molecule is NC(CS(=O)(=O)c1cccc(F)c1)C1CCCCC1. The Balaban J connectivity index is 2.08. The normalized spacial score (nSPS) is 19.3. The predicted octanol–water partition coefficient (Wildman–Crippen LogP) is 2.51. The molecule has 1 atom stereocenters. The van der Waals surface area contributed by atoms with Crippen LogP contribution in [0.25, 0.3) is 0 Å². The third-order valence-corrected chi connectivity index (χ3v) is 5.62. The lowest BCUT2D eigenvalue weighted by molar-refractivity contribution is 0.317. The molecule has 0 bridgehead atoms. The standard InChI is InChI=1S/C14H20FNO2S/c15-12-7-4-8-13(9-12)19(17,18)10-14(16)11-5-2-1-3-6-11/h4,7-9,11,14H,1-3,5-6,10,16H2. The molecule has 5 heteroatoms. The smallest absolute Gasteiger partial charge is 0.180 e. The molecule has 1 fully saturated rings. The molecule has 0 aromatic heterocycles. The summed E-state index contributed by atoms with van der Waals surface area (Å²) in [6.45, 7) is 0. The average Bonchev–Trinajstić information content (AvgIpc) is 2.39. The lowest BCUT2D eigenvalue weighted by Gasteiger charge is -2.27. The number of halogens is 1. The summed E-state index contributed by atoms with van der Waals surface area (Å²) in [5.74, 6) is -0.356. The second kappa shape index (κ2) is 6.01. The molecule has 1 aliphatic carbocycles. The number of benzene rings is 1. The van der Waals surface area contributed by atoms with Crippen molar-refractivity contribution in [1.82, 2.24) is 0 Å². The van der Waals surface area contributed by atoms with Crippen LogP contribution in [0.2, 0.25) is 0 Å². The largest absolute Gasteiger partial charge is 0.327 e. The molecule has 1 aliphatic rings. The molecule has 0 spiro atoms. The van der Waals surface area contributed by atoms with Crippen molar-refractivity contribution < 1.29 is 12.8 Å². The quantitative estimate of drug-likeness (QED) is 0.924. The lowest BCUT2D eigenvalue weighted by Crippen LogP contribution is -2.38. The summed E-state index contributed by atoms with van der Waals surface area (Å²) in [5, 5.41) is 0. The third kappa shape index (κ3) is 3.76. The van der Waals surface area contributed by atoms with Crippen LogP contribution >= 0.6 is 0 Å². The van der Waals surface area contributed by atoms with E-state index in [-0.39, 0.29) is 22.6 Å². The van der Waals surface area contributed by atoms with Crippen molar-refractivity contribution in [2.24, 2.45) is 11.7 Å². The van der Waals surface area contributed by atoms with Gasteiger partial charge in [0.15, 0.2) is 9.84 Å². The predicted molar refractivity (Wildman–Crippen MR) is 73.0 cm³/mol. The molecular formula is C14H20FNO2S. The van der Waals surface area contributed by atoms with E-state index in [1.54, 1.807) is 0 Å². The summed E-state index contributed by atoms with van der Waals surface area (Å²) in [7, 11) is -3.50. The maximum Gasteiger partial charge on any atom is 0.180 e. The van der Waals surface area contributed by atoms with E-state index < -0.39 is 15.7 Å². The highest BCUT2D eigenvalue weighted by atomic mass is 32.2. The van der Waals surface area contributed by atoms with Gasteiger partial charge in [-0.25, -0.2) is 12.8 Å². The Hall–Kier alpha value is -0.940. The van der Waals surface area contributed by atoms with Crippen LogP contribution in [0.1, 0.15) is 32.1 Å². The summed E-state index contributed by atoms with van der Waals surface area (Å²) < 4.78 is 37.5. The van der Waals surface area contributed by atoms with Crippen LogP contribution in [0.3, 0.4) is 0 Å². The van der Waals surface area contributed by atoms with E-state index >= 15 is 0 Å². The monoisotopic (exact) mass is 285 g/mol. The molecular weight excluding hydrogens is 265 g/mol. The Morgan fingerprint density at radius 2 is 1.95 bits per heavy atom. The molecule has 0 radical (unpaired) electrons. The minimum absolute atomic E-state index is 0.0266. The second-order valence-corrected chi connectivity index (χ2v) is 7.33. The minimum Gasteiger partial charge on any atom is -0.327 e. The van der Waals surface area contributed by atoms with Gasteiger partial charge in [-0.1, -0.05) is 25.3 Å². The van der Waals surface area contributed by atoms with E-state index in [0.717, 1.165) is 31.7 Å². The van der Waals surface area contributed by atoms with Gasteiger partial charge in [-0.15, -0.1) is 0 Å². The highest BCUT2D eigenvalue weighted by Crippen LogP contribution is 2.27. The lowest BCUT2D eigenvalue weighted by atomic mass is 9.85. The van der Waals surface area contributed by atoms with Gasteiger partial charge in [0.1, 0.15) is 5.82 Å². The first-order valence-electron chi connectivity index (χ1n) is 6.73. The zero-order chi connectivity index (χ0) is 13.9. The van der Waals surface area contributed by atoms with Gasteiger partial charge in [0.05, 0.1) is 10.6 Å². The van der Waals surface area contributed by atoms with Crippen LogP contribution < -0.4 is 5.73 Å². The van der Waals surface area contributed by atoms with Crippen LogP contribution in [0.5, 0.6) is 0 Å². The summed E-state index contributed by atoms with van der Waals surface area (Å²) in [6, 6.07) is 4.78. The number of hydrogen-bond donors (Lipinski definition) is 1. The fourth-order valence-electron chi connectivity index (χ4n) is 2.71. The molecule has 1 aromatic carbocycles. The van der Waals surface area contributed by atoms with Crippen molar-refractivity contribution in [2.75, 3.05) is 5.75 Å². The summed E-state index contributed by atoms with van der Waals surface area (Å²) >= 11 is 0. The van der Waals surface area contributed by atoms with Crippen LogP contribution in [0.4, 0.5) is 4.39 Å². The first-order chi connectivity index (χ1) is 8.99. The Kier molecular flexibility index (Phi) is 4.58. The van der Waals surface area contributed by atoms with Crippen molar-refractivity contribution in [3.8, 4) is 0 Å². The maximum atomic E-state index is 13.1. The van der Waals surface area contributed by atoms with Crippen LogP contribution in [0.15, 0.2) is 29.2 Å². The molecule has 2 rings (SSSR count). The van der Waals surface area contributed by atoms with Gasteiger partial charge in [-0.2, -0.15) is 0 Å².